The minimum atomic E-state index is -0.205. The van der Waals surface area contributed by atoms with Gasteiger partial charge >= 0.3 is 0 Å². The first-order valence-electron chi connectivity index (χ1n) is 9.28. The van der Waals surface area contributed by atoms with Gasteiger partial charge in [0.15, 0.2) is 0 Å². The van der Waals surface area contributed by atoms with Gasteiger partial charge < -0.3 is 5.32 Å². The summed E-state index contributed by atoms with van der Waals surface area (Å²) in [5.74, 6) is -0.114. The van der Waals surface area contributed by atoms with Crippen molar-refractivity contribution >= 4 is 23.2 Å². The largest absolute Gasteiger partial charge is 0.322 e. The molecule has 0 aliphatic heterocycles. The topological polar surface area (TPSA) is 75.6 Å². The van der Waals surface area contributed by atoms with Crippen molar-refractivity contribution in [3.8, 4) is 16.9 Å². The number of hydrogen-bond donors (Lipinski definition) is 2. The molecule has 0 bridgehead atoms. The van der Waals surface area contributed by atoms with Crippen molar-refractivity contribution in [2.45, 2.75) is 19.8 Å². The molecule has 29 heavy (non-hydrogen) atoms. The summed E-state index contributed by atoms with van der Waals surface area (Å²) in [5.41, 5.74) is 4.71. The van der Waals surface area contributed by atoms with Gasteiger partial charge in [0.1, 0.15) is 0 Å². The number of rotatable bonds is 5. The number of aromatic nitrogens is 4. The minimum absolute atomic E-state index is 0.0913. The van der Waals surface area contributed by atoms with E-state index in [0.29, 0.717) is 16.3 Å². The van der Waals surface area contributed by atoms with Crippen LogP contribution < -0.4 is 5.32 Å². The number of nitrogens with zero attached hydrogens (tertiary/aromatic N) is 3. The highest BCUT2D eigenvalue weighted by Crippen LogP contribution is 2.26. The fourth-order valence-electron chi connectivity index (χ4n) is 3.28. The number of H-pyrrole nitrogens is 1. The number of carbonyl (C=O) groups is 1. The average Bonchev–Trinajstić information content (AvgIpc) is 3.38. The molecule has 0 unspecified atom stereocenters. The summed E-state index contributed by atoms with van der Waals surface area (Å²) in [6, 6.07) is 16.9. The Kier molecular flexibility index (Phi) is 5.18. The maximum atomic E-state index is 13.0. The van der Waals surface area contributed by atoms with E-state index in [1.807, 2.05) is 68.4 Å². The number of nitrogens with one attached hydrogen (secondary N) is 2. The first-order chi connectivity index (χ1) is 14.0. The van der Waals surface area contributed by atoms with Gasteiger partial charge in [0.2, 0.25) is 0 Å². The highest BCUT2D eigenvalue weighted by Gasteiger charge is 2.21. The molecule has 2 heterocycles. The van der Waals surface area contributed by atoms with Crippen LogP contribution in [0.15, 0.2) is 67.0 Å². The molecule has 4 rings (SSSR count). The summed E-state index contributed by atoms with van der Waals surface area (Å²) in [5, 5.41) is 15.0. The zero-order valence-corrected chi connectivity index (χ0v) is 16.8. The van der Waals surface area contributed by atoms with Crippen LogP contribution >= 0.6 is 11.6 Å². The van der Waals surface area contributed by atoms with E-state index >= 15 is 0 Å². The number of anilines is 1. The highest BCUT2D eigenvalue weighted by molar-refractivity contribution is 6.30. The Labute approximate surface area is 173 Å². The monoisotopic (exact) mass is 405 g/mol. The zero-order chi connectivity index (χ0) is 20.4. The summed E-state index contributed by atoms with van der Waals surface area (Å²) in [6.07, 6.45) is 3.30. The standard InChI is InChI=1S/C22H20ClN5O/c1-14(2)21-19(13-25-28(21)18-8-4-6-16(23)12-18)22(29)26-17-7-3-5-15(11-17)20-9-10-24-27-20/h3-14H,1-2H3,(H,24,27)(H,26,29). The Balaban J connectivity index is 1.65. The van der Waals surface area contributed by atoms with E-state index in [9.17, 15) is 4.79 Å². The summed E-state index contributed by atoms with van der Waals surface area (Å²) in [4.78, 5) is 13.0. The lowest BCUT2D eigenvalue weighted by Crippen LogP contribution is -2.15. The van der Waals surface area contributed by atoms with Crippen molar-refractivity contribution in [1.29, 1.82) is 0 Å². The van der Waals surface area contributed by atoms with E-state index in [2.05, 4.69) is 20.6 Å². The van der Waals surface area contributed by atoms with Crippen LogP contribution in [0.4, 0.5) is 5.69 Å². The molecule has 1 amide bonds. The third kappa shape index (κ3) is 3.93. The van der Waals surface area contributed by atoms with Gasteiger partial charge in [0.25, 0.3) is 5.91 Å². The molecule has 0 saturated heterocycles. The van der Waals surface area contributed by atoms with Gasteiger partial charge in [-0.25, -0.2) is 4.68 Å². The highest BCUT2D eigenvalue weighted by atomic mass is 35.5. The Morgan fingerprint density at radius 2 is 1.97 bits per heavy atom. The molecule has 0 fully saturated rings. The quantitative estimate of drug-likeness (QED) is 0.473. The van der Waals surface area contributed by atoms with Crippen LogP contribution in [-0.2, 0) is 0 Å². The molecule has 7 heteroatoms. The molecule has 2 N–H and O–H groups in total. The van der Waals surface area contributed by atoms with Crippen molar-refractivity contribution in [2.75, 3.05) is 5.32 Å². The molecule has 0 aliphatic rings. The van der Waals surface area contributed by atoms with Crippen molar-refractivity contribution in [3.05, 3.63) is 83.3 Å². The van der Waals surface area contributed by atoms with Crippen molar-refractivity contribution in [2.24, 2.45) is 0 Å². The Morgan fingerprint density at radius 3 is 2.69 bits per heavy atom. The SMILES string of the molecule is CC(C)c1c(C(=O)Nc2cccc(-c3ccn[nH]3)c2)cnn1-c1cccc(Cl)c1. The van der Waals surface area contributed by atoms with Crippen LogP contribution in [0.5, 0.6) is 0 Å². The van der Waals surface area contributed by atoms with Crippen molar-refractivity contribution in [1.82, 2.24) is 20.0 Å². The molecule has 0 radical (unpaired) electrons. The molecule has 0 atom stereocenters. The predicted molar refractivity (Wildman–Crippen MR) is 115 cm³/mol. The fourth-order valence-corrected chi connectivity index (χ4v) is 3.47. The molecule has 4 aromatic rings. The van der Waals surface area contributed by atoms with E-state index < -0.39 is 0 Å². The van der Waals surface area contributed by atoms with Crippen LogP contribution in [-0.4, -0.2) is 25.9 Å². The van der Waals surface area contributed by atoms with Gasteiger partial charge in [0.05, 0.1) is 28.8 Å². The Bertz CT molecular complexity index is 1150. The van der Waals surface area contributed by atoms with Crippen LogP contribution in [0, 0.1) is 0 Å². The maximum Gasteiger partial charge on any atom is 0.259 e. The zero-order valence-electron chi connectivity index (χ0n) is 16.1. The number of amides is 1. The van der Waals surface area contributed by atoms with Gasteiger partial charge in [0, 0.05) is 22.5 Å². The average molecular weight is 406 g/mol. The minimum Gasteiger partial charge on any atom is -0.322 e. The van der Waals surface area contributed by atoms with Crippen molar-refractivity contribution in [3.63, 3.8) is 0 Å². The molecular formula is C22H20ClN5O. The third-order valence-electron chi connectivity index (χ3n) is 4.58. The summed E-state index contributed by atoms with van der Waals surface area (Å²) in [6.45, 7) is 4.07. The lowest BCUT2D eigenvalue weighted by Gasteiger charge is -2.13. The molecule has 6 nitrogen and oxygen atoms in total. The van der Waals surface area contributed by atoms with E-state index in [1.54, 1.807) is 17.1 Å². The van der Waals surface area contributed by atoms with Crippen LogP contribution in [0.3, 0.4) is 0 Å². The van der Waals surface area contributed by atoms with Gasteiger partial charge in [-0.15, -0.1) is 0 Å². The molecule has 0 aliphatic carbocycles. The van der Waals surface area contributed by atoms with E-state index in [4.69, 9.17) is 11.6 Å². The predicted octanol–water partition coefficient (Wildman–Crippen LogP) is 5.29. The van der Waals surface area contributed by atoms with Crippen molar-refractivity contribution < 1.29 is 4.79 Å². The van der Waals surface area contributed by atoms with E-state index in [-0.39, 0.29) is 11.8 Å². The molecule has 0 saturated carbocycles. The second kappa shape index (κ2) is 7.93. The Hall–Kier alpha value is -3.38. The number of aromatic amines is 1. The first-order valence-corrected chi connectivity index (χ1v) is 9.66. The molecule has 2 aromatic heterocycles. The maximum absolute atomic E-state index is 13.0. The first kappa shape index (κ1) is 19.0. The van der Waals surface area contributed by atoms with E-state index in [1.165, 1.54) is 0 Å². The Morgan fingerprint density at radius 1 is 1.14 bits per heavy atom. The molecule has 2 aromatic carbocycles. The summed E-state index contributed by atoms with van der Waals surface area (Å²) >= 11 is 6.13. The van der Waals surface area contributed by atoms with E-state index in [0.717, 1.165) is 22.6 Å². The normalized spacial score (nSPS) is 11.0. The van der Waals surface area contributed by atoms with Gasteiger partial charge in [-0.2, -0.15) is 10.2 Å². The third-order valence-corrected chi connectivity index (χ3v) is 4.82. The second-order valence-electron chi connectivity index (χ2n) is 7.00. The van der Waals surface area contributed by atoms with Gasteiger partial charge in [-0.05, 0) is 42.3 Å². The number of carbonyl (C=O) groups excluding carboxylic acids is 1. The summed E-state index contributed by atoms with van der Waals surface area (Å²) < 4.78 is 1.77. The number of halogens is 1. The number of hydrogen-bond acceptors (Lipinski definition) is 3. The van der Waals surface area contributed by atoms with Crippen LogP contribution in [0.1, 0.15) is 35.8 Å². The second-order valence-corrected chi connectivity index (χ2v) is 7.43. The lowest BCUT2D eigenvalue weighted by atomic mass is 10.0. The van der Waals surface area contributed by atoms with Crippen LogP contribution in [0.25, 0.3) is 16.9 Å². The summed E-state index contributed by atoms with van der Waals surface area (Å²) in [7, 11) is 0. The molecule has 0 spiro atoms. The number of benzene rings is 2. The van der Waals surface area contributed by atoms with Crippen LogP contribution in [0.2, 0.25) is 5.02 Å². The van der Waals surface area contributed by atoms with Gasteiger partial charge in [-0.1, -0.05) is 43.6 Å². The molecule has 146 valence electrons. The van der Waals surface area contributed by atoms with Gasteiger partial charge in [-0.3, -0.25) is 9.89 Å². The smallest absolute Gasteiger partial charge is 0.259 e. The molecular weight excluding hydrogens is 386 g/mol. The fraction of sp³-hybridized carbons (Fsp3) is 0.136. The lowest BCUT2D eigenvalue weighted by molar-refractivity contribution is 0.102.